The lowest BCUT2D eigenvalue weighted by Gasteiger charge is -1.99. The van der Waals surface area contributed by atoms with E-state index in [9.17, 15) is 4.79 Å². The van der Waals surface area contributed by atoms with Gasteiger partial charge in [-0.15, -0.1) is 0 Å². The Kier molecular flexibility index (Phi) is 5.34. The molecule has 0 fully saturated rings. The maximum absolute atomic E-state index is 11.0. The van der Waals surface area contributed by atoms with Gasteiger partial charge in [0.15, 0.2) is 5.78 Å². The standard InChI is InChI=1S/C14H18O2/c1-3-4-10-16-11-9-13-5-7-14(8-6-13)12(2)15/h5-9,11H,3-4,10H2,1-2H3/b11-9+. The minimum atomic E-state index is 0.0923. The van der Waals surface area contributed by atoms with Gasteiger partial charge in [-0.25, -0.2) is 0 Å². The second-order valence-corrected chi connectivity index (χ2v) is 3.71. The number of carbonyl (C=O) groups excluding carboxylic acids is 1. The van der Waals surface area contributed by atoms with Gasteiger partial charge < -0.3 is 4.74 Å². The molecule has 1 aromatic carbocycles. The topological polar surface area (TPSA) is 26.3 Å². The van der Waals surface area contributed by atoms with Crippen molar-refractivity contribution in [3.8, 4) is 0 Å². The molecule has 0 bridgehead atoms. The Labute approximate surface area is 96.9 Å². The Bertz CT molecular complexity index is 350. The molecule has 0 heterocycles. The lowest BCUT2D eigenvalue weighted by molar-refractivity contribution is 0.101. The van der Waals surface area contributed by atoms with Crippen LogP contribution in [0.4, 0.5) is 0 Å². The molecule has 86 valence electrons. The summed E-state index contributed by atoms with van der Waals surface area (Å²) in [7, 11) is 0. The molecular weight excluding hydrogens is 200 g/mol. The molecule has 0 aliphatic carbocycles. The highest BCUT2D eigenvalue weighted by Crippen LogP contribution is 2.07. The van der Waals surface area contributed by atoms with Crippen LogP contribution in [0.15, 0.2) is 30.5 Å². The van der Waals surface area contributed by atoms with E-state index in [0.29, 0.717) is 0 Å². The van der Waals surface area contributed by atoms with Crippen LogP contribution >= 0.6 is 0 Å². The van der Waals surface area contributed by atoms with Crippen LogP contribution in [0.5, 0.6) is 0 Å². The summed E-state index contributed by atoms with van der Waals surface area (Å²) >= 11 is 0. The van der Waals surface area contributed by atoms with E-state index in [1.54, 1.807) is 13.2 Å². The molecule has 2 heteroatoms. The van der Waals surface area contributed by atoms with Crippen molar-refractivity contribution in [3.05, 3.63) is 41.7 Å². The first-order valence-electron chi connectivity index (χ1n) is 5.63. The molecule has 2 nitrogen and oxygen atoms in total. The number of benzene rings is 1. The zero-order chi connectivity index (χ0) is 11.8. The van der Waals surface area contributed by atoms with E-state index in [2.05, 4.69) is 6.92 Å². The molecular formula is C14H18O2. The monoisotopic (exact) mass is 218 g/mol. The second-order valence-electron chi connectivity index (χ2n) is 3.71. The minimum Gasteiger partial charge on any atom is -0.501 e. The van der Waals surface area contributed by atoms with Crippen molar-refractivity contribution in [3.63, 3.8) is 0 Å². The van der Waals surface area contributed by atoms with Crippen LogP contribution in [0.3, 0.4) is 0 Å². The fourth-order valence-corrected chi connectivity index (χ4v) is 1.25. The number of hydrogen-bond acceptors (Lipinski definition) is 2. The Morgan fingerprint density at radius 1 is 1.31 bits per heavy atom. The van der Waals surface area contributed by atoms with Crippen molar-refractivity contribution < 1.29 is 9.53 Å². The van der Waals surface area contributed by atoms with E-state index in [0.717, 1.165) is 30.6 Å². The molecule has 0 amide bonds. The Morgan fingerprint density at radius 3 is 2.56 bits per heavy atom. The van der Waals surface area contributed by atoms with Gasteiger partial charge in [-0.1, -0.05) is 37.6 Å². The second kappa shape index (κ2) is 6.83. The highest BCUT2D eigenvalue weighted by atomic mass is 16.5. The summed E-state index contributed by atoms with van der Waals surface area (Å²) in [6.45, 7) is 4.46. The van der Waals surface area contributed by atoms with Crippen LogP contribution in [-0.2, 0) is 4.74 Å². The molecule has 0 aliphatic heterocycles. The summed E-state index contributed by atoms with van der Waals surface area (Å²) in [5.74, 6) is 0.0923. The molecule has 0 saturated heterocycles. The van der Waals surface area contributed by atoms with E-state index in [4.69, 9.17) is 4.74 Å². The van der Waals surface area contributed by atoms with E-state index >= 15 is 0 Å². The highest BCUT2D eigenvalue weighted by molar-refractivity contribution is 5.94. The Balaban J connectivity index is 2.45. The maximum atomic E-state index is 11.0. The fourth-order valence-electron chi connectivity index (χ4n) is 1.25. The van der Waals surface area contributed by atoms with Crippen molar-refractivity contribution in [2.45, 2.75) is 26.7 Å². The molecule has 16 heavy (non-hydrogen) atoms. The number of hydrogen-bond donors (Lipinski definition) is 0. The normalized spacial score (nSPS) is 10.6. The first-order valence-corrected chi connectivity index (χ1v) is 5.63. The van der Waals surface area contributed by atoms with Crippen molar-refractivity contribution in [2.24, 2.45) is 0 Å². The third kappa shape index (κ3) is 4.30. The van der Waals surface area contributed by atoms with Crippen LogP contribution in [0.1, 0.15) is 42.6 Å². The smallest absolute Gasteiger partial charge is 0.159 e. The lowest BCUT2D eigenvalue weighted by atomic mass is 10.1. The van der Waals surface area contributed by atoms with Crippen LogP contribution in [0.2, 0.25) is 0 Å². The highest BCUT2D eigenvalue weighted by Gasteiger charge is 1.96. The summed E-state index contributed by atoms with van der Waals surface area (Å²) in [5.41, 5.74) is 1.78. The largest absolute Gasteiger partial charge is 0.501 e. The van der Waals surface area contributed by atoms with Crippen LogP contribution in [-0.4, -0.2) is 12.4 Å². The molecule has 1 rings (SSSR count). The molecule has 0 aliphatic rings. The summed E-state index contributed by atoms with van der Waals surface area (Å²) in [6.07, 6.45) is 5.83. The van der Waals surface area contributed by atoms with Crippen molar-refractivity contribution in [1.29, 1.82) is 0 Å². The number of Topliss-reactive ketones (excluding diaryl/α,β-unsaturated/α-hetero) is 1. The number of ketones is 1. The molecule has 0 saturated carbocycles. The van der Waals surface area contributed by atoms with Gasteiger partial charge in [0.1, 0.15) is 0 Å². The van der Waals surface area contributed by atoms with Gasteiger partial charge in [0.25, 0.3) is 0 Å². The summed E-state index contributed by atoms with van der Waals surface area (Å²) in [6, 6.07) is 7.48. The third-order valence-corrected chi connectivity index (χ3v) is 2.29. The van der Waals surface area contributed by atoms with Crippen LogP contribution in [0, 0.1) is 0 Å². The number of ether oxygens (including phenoxy) is 1. The average molecular weight is 218 g/mol. The predicted molar refractivity (Wildman–Crippen MR) is 66.3 cm³/mol. The first-order chi connectivity index (χ1) is 7.74. The zero-order valence-electron chi connectivity index (χ0n) is 9.90. The number of carbonyl (C=O) groups is 1. The lowest BCUT2D eigenvalue weighted by Crippen LogP contribution is -1.90. The van der Waals surface area contributed by atoms with Crippen molar-refractivity contribution in [2.75, 3.05) is 6.61 Å². The van der Waals surface area contributed by atoms with Gasteiger partial charge in [-0.3, -0.25) is 4.79 Å². The Hall–Kier alpha value is -1.57. The SMILES string of the molecule is CCCCO/C=C/c1ccc(C(C)=O)cc1. The van der Waals surface area contributed by atoms with Crippen LogP contribution in [0.25, 0.3) is 6.08 Å². The van der Waals surface area contributed by atoms with Gasteiger partial charge in [-0.2, -0.15) is 0 Å². The summed E-state index contributed by atoms with van der Waals surface area (Å²) in [5, 5.41) is 0. The van der Waals surface area contributed by atoms with Gasteiger partial charge >= 0.3 is 0 Å². The molecule has 0 unspecified atom stereocenters. The number of unbranched alkanes of at least 4 members (excludes halogenated alkanes) is 1. The summed E-state index contributed by atoms with van der Waals surface area (Å²) in [4.78, 5) is 11.0. The average Bonchev–Trinajstić information content (AvgIpc) is 2.29. The van der Waals surface area contributed by atoms with Crippen molar-refractivity contribution >= 4 is 11.9 Å². The van der Waals surface area contributed by atoms with E-state index in [1.807, 2.05) is 30.3 Å². The number of rotatable bonds is 6. The third-order valence-electron chi connectivity index (χ3n) is 2.29. The van der Waals surface area contributed by atoms with Gasteiger partial charge in [0, 0.05) is 5.56 Å². The van der Waals surface area contributed by atoms with E-state index < -0.39 is 0 Å². The zero-order valence-corrected chi connectivity index (χ0v) is 9.90. The maximum Gasteiger partial charge on any atom is 0.159 e. The van der Waals surface area contributed by atoms with Gasteiger partial charge in [0.2, 0.25) is 0 Å². The van der Waals surface area contributed by atoms with Gasteiger partial charge in [-0.05, 0) is 25.0 Å². The first kappa shape index (κ1) is 12.5. The molecule has 1 aromatic rings. The molecule has 0 aromatic heterocycles. The minimum absolute atomic E-state index is 0.0923. The quantitative estimate of drug-likeness (QED) is 0.413. The van der Waals surface area contributed by atoms with Crippen molar-refractivity contribution in [1.82, 2.24) is 0 Å². The Morgan fingerprint density at radius 2 is 2.00 bits per heavy atom. The van der Waals surface area contributed by atoms with Gasteiger partial charge in [0.05, 0.1) is 12.9 Å². The fraction of sp³-hybridized carbons (Fsp3) is 0.357. The van der Waals surface area contributed by atoms with E-state index in [-0.39, 0.29) is 5.78 Å². The predicted octanol–water partition coefficient (Wildman–Crippen LogP) is 3.68. The molecule has 0 spiro atoms. The molecule has 0 radical (unpaired) electrons. The van der Waals surface area contributed by atoms with E-state index in [1.165, 1.54) is 0 Å². The summed E-state index contributed by atoms with van der Waals surface area (Å²) < 4.78 is 5.31. The molecule has 0 atom stereocenters. The molecule has 0 N–H and O–H groups in total. The van der Waals surface area contributed by atoms with Crippen LogP contribution < -0.4 is 0 Å².